The van der Waals surface area contributed by atoms with Crippen LogP contribution in [0.25, 0.3) is 11.4 Å². The Hall–Kier alpha value is -3.21. The Morgan fingerprint density at radius 3 is 2.69 bits per heavy atom. The van der Waals surface area contributed by atoms with Crippen molar-refractivity contribution < 1.29 is 4.79 Å². The largest absolute Gasteiger partial charge is 0.356 e. The van der Waals surface area contributed by atoms with Gasteiger partial charge in [-0.3, -0.25) is 4.79 Å². The molecule has 4 rings (SSSR count). The van der Waals surface area contributed by atoms with Gasteiger partial charge in [-0.25, -0.2) is 9.97 Å². The summed E-state index contributed by atoms with van der Waals surface area (Å²) in [6.07, 6.45) is 3.66. The summed E-state index contributed by atoms with van der Waals surface area (Å²) in [5.74, 6) is 1.61. The van der Waals surface area contributed by atoms with Gasteiger partial charge in [0.1, 0.15) is 5.82 Å². The van der Waals surface area contributed by atoms with E-state index in [1.165, 1.54) is 11.1 Å². The number of amides is 1. The Kier molecular flexibility index (Phi) is 5.56. The molecule has 0 saturated carbocycles. The second kappa shape index (κ2) is 8.43. The molecule has 0 unspecified atom stereocenters. The molecule has 1 N–H and O–H groups in total. The lowest BCUT2D eigenvalue weighted by atomic mass is 9.97. The molecule has 1 amide bonds. The molecule has 0 aliphatic carbocycles. The second-order valence-corrected chi connectivity index (χ2v) is 7.68. The fourth-order valence-corrected chi connectivity index (χ4v) is 3.71. The maximum absolute atomic E-state index is 12.9. The van der Waals surface area contributed by atoms with Gasteiger partial charge < -0.3 is 10.2 Å². The number of aromatic nitrogens is 2. The minimum atomic E-state index is -0.0551. The van der Waals surface area contributed by atoms with Gasteiger partial charge in [-0.2, -0.15) is 0 Å². The average Bonchev–Trinajstić information content (AvgIpc) is 2.77. The summed E-state index contributed by atoms with van der Waals surface area (Å²) in [7, 11) is 0. The van der Waals surface area contributed by atoms with E-state index >= 15 is 0 Å². The monoisotopic (exact) mass is 386 g/mol. The SMILES string of the molecule is Cc1ccc(NC(=O)[C@@H]2CCCN(c3ccnc(-c4ccccc4)n3)C2)cc1C. The summed E-state index contributed by atoms with van der Waals surface area (Å²) in [5.41, 5.74) is 4.27. The van der Waals surface area contributed by atoms with Crippen molar-refractivity contribution in [3.63, 3.8) is 0 Å². The van der Waals surface area contributed by atoms with E-state index in [0.717, 1.165) is 36.5 Å². The number of anilines is 2. The average molecular weight is 386 g/mol. The number of rotatable bonds is 4. The number of nitrogens with one attached hydrogen (secondary N) is 1. The highest BCUT2D eigenvalue weighted by Gasteiger charge is 2.27. The first kappa shape index (κ1) is 19.1. The minimum Gasteiger partial charge on any atom is -0.356 e. The highest BCUT2D eigenvalue weighted by atomic mass is 16.1. The molecule has 1 aliphatic heterocycles. The molecule has 1 saturated heterocycles. The third-order valence-electron chi connectivity index (χ3n) is 5.56. The standard InChI is InChI=1S/C24H26N4O/c1-17-10-11-21(15-18(17)2)26-24(29)20-9-6-14-28(16-20)22-12-13-25-23(27-22)19-7-4-3-5-8-19/h3-5,7-8,10-13,15,20H,6,9,14,16H2,1-2H3,(H,26,29)/t20-/m1/s1. The third-order valence-corrected chi connectivity index (χ3v) is 5.56. The van der Waals surface area contributed by atoms with Crippen molar-refractivity contribution in [2.45, 2.75) is 26.7 Å². The Bertz CT molecular complexity index is 1000. The molecule has 1 atom stereocenters. The number of carbonyl (C=O) groups is 1. The Labute approximate surface area is 171 Å². The summed E-state index contributed by atoms with van der Waals surface area (Å²) in [4.78, 5) is 24.2. The number of benzene rings is 2. The molecule has 5 heteroatoms. The van der Waals surface area contributed by atoms with E-state index in [1.807, 2.05) is 54.6 Å². The van der Waals surface area contributed by atoms with Gasteiger partial charge in [0.2, 0.25) is 5.91 Å². The van der Waals surface area contributed by atoms with E-state index < -0.39 is 0 Å². The van der Waals surface area contributed by atoms with Gasteiger partial charge in [0.05, 0.1) is 5.92 Å². The van der Waals surface area contributed by atoms with Crippen LogP contribution < -0.4 is 10.2 Å². The molecule has 1 aliphatic rings. The van der Waals surface area contributed by atoms with Gasteiger partial charge >= 0.3 is 0 Å². The number of aryl methyl sites for hydroxylation is 2. The summed E-state index contributed by atoms with van der Waals surface area (Å²) in [6.45, 7) is 5.71. The molecule has 0 spiro atoms. The van der Waals surface area contributed by atoms with E-state index in [2.05, 4.69) is 29.0 Å². The van der Waals surface area contributed by atoms with Gasteiger partial charge in [-0.15, -0.1) is 0 Å². The first-order valence-corrected chi connectivity index (χ1v) is 10.1. The van der Waals surface area contributed by atoms with Crippen LogP contribution in [0.2, 0.25) is 0 Å². The van der Waals surface area contributed by atoms with Crippen molar-refractivity contribution in [2.75, 3.05) is 23.3 Å². The normalized spacial score (nSPS) is 16.5. The van der Waals surface area contributed by atoms with Crippen LogP contribution in [-0.2, 0) is 4.79 Å². The highest BCUT2D eigenvalue weighted by molar-refractivity contribution is 5.93. The fraction of sp³-hybridized carbons (Fsp3) is 0.292. The van der Waals surface area contributed by atoms with Crippen LogP contribution in [0.3, 0.4) is 0 Å². The van der Waals surface area contributed by atoms with E-state index in [9.17, 15) is 4.79 Å². The predicted molar refractivity (Wildman–Crippen MR) is 117 cm³/mol. The molecule has 5 nitrogen and oxygen atoms in total. The molecule has 148 valence electrons. The van der Waals surface area contributed by atoms with Gasteiger partial charge in [0.15, 0.2) is 5.82 Å². The molecule has 2 aromatic carbocycles. The molecule has 2 heterocycles. The first-order valence-electron chi connectivity index (χ1n) is 10.1. The van der Waals surface area contributed by atoms with Crippen LogP contribution in [0.15, 0.2) is 60.8 Å². The summed E-state index contributed by atoms with van der Waals surface area (Å²) in [6, 6.07) is 17.9. The Balaban J connectivity index is 1.47. The Morgan fingerprint density at radius 2 is 1.90 bits per heavy atom. The molecule has 29 heavy (non-hydrogen) atoms. The minimum absolute atomic E-state index is 0.0551. The number of hydrogen-bond donors (Lipinski definition) is 1. The second-order valence-electron chi connectivity index (χ2n) is 7.68. The molecule has 1 fully saturated rings. The maximum atomic E-state index is 12.9. The van der Waals surface area contributed by atoms with E-state index in [0.29, 0.717) is 12.4 Å². The van der Waals surface area contributed by atoms with Crippen molar-refractivity contribution >= 4 is 17.4 Å². The zero-order valence-corrected chi connectivity index (χ0v) is 16.9. The smallest absolute Gasteiger partial charge is 0.229 e. The van der Waals surface area contributed by atoms with Gasteiger partial charge in [0, 0.05) is 30.5 Å². The van der Waals surface area contributed by atoms with Crippen molar-refractivity contribution in [2.24, 2.45) is 5.92 Å². The van der Waals surface area contributed by atoms with Gasteiger partial charge in [0.25, 0.3) is 0 Å². The van der Waals surface area contributed by atoms with Crippen molar-refractivity contribution in [1.82, 2.24) is 9.97 Å². The third kappa shape index (κ3) is 4.45. The zero-order chi connectivity index (χ0) is 20.2. The molecular weight excluding hydrogens is 360 g/mol. The van der Waals surface area contributed by atoms with Gasteiger partial charge in [-0.1, -0.05) is 36.4 Å². The number of piperidine rings is 1. The van der Waals surface area contributed by atoms with Crippen LogP contribution in [0.5, 0.6) is 0 Å². The van der Waals surface area contributed by atoms with Crippen LogP contribution in [0.4, 0.5) is 11.5 Å². The molecule has 1 aromatic heterocycles. The number of carbonyl (C=O) groups excluding carboxylic acids is 1. The highest BCUT2D eigenvalue weighted by Crippen LogP contribution is 2.25. The van der Waals surface area contributed by atoms with Gasteiger partial charge in [-0.05, 0) is 56.0 Å². The quantitative estimate of drug-likeness (QED) is 0.711. The lowest BCUT2D eigenvalue weighted by Crippen LogP contribution is -2.41. The molecular formula is C24H26N4O. The topological polar surface area (TPSA) is 58.1 Å². The lowest BCUT2D eigenvalue weighted by molar-refractivity contribution is -0.120. The van der Waals surface area contributed by atoms with Crippen molar-refractivity contribution in [3.8, 4) is 11.4 Å². The Morgan fingerprint density at radius 1 is 1.07 bits per heavy atom. The summed E-state index contributed by atoms with van der Waals surface area (Å²) >= 11 is 0. The first-order chi connectivity index (χ1) is 14.1. The molecule has 0 radical (unpaired) electrons. The van der Waals surface area contributed by atoms with E-state index in [4.69, 9.17) is 4.98 Å². The number of hydrogen-bond acceptors (Lipinski definition) is 4. The summed E-state index contributed by atoms with van der Waals surface area (Å²) < 4.78 is 0. The fourth-order valence-electron chi connectivity index (χ4n) is 3.71. The van der Waals surface area contributed by atoms with Crippen LogP contribution in [0, 0.1) is 19.8 Å². The van der Waals surface area contributed by atoms with Crippen LogP contribution in [-0.4, -0.2) is 29.0 Å². The van der Waals surface area contributed by atoms with E-state index in [-0.39, 0.29) is 11.8 Å². The molecule has 0 bridgehead atoms. The predicted octanol–water partition coefficient (Wildman–Crippen LogP) is 4.62. The van der Waals surface area contributed by atoms with Crippen LogP contribution >= 0.6 is 0 Å². The number of nitrogens with zero attached hydrogens (tertiary/aromatic N) is 3. The summed E-state index contributed by atoms with van der Waals surface area (Å²) in [5, 5.41) is 3.09. The molecule has 3 aromatic rings. The van der Waals surface area contributed by atoms with Crippen LogP contribution in [0.1, 0.15) is 24.0 Å². The zero-order valence-electron chi connectivity index (χ0n) is 16.9. The van der Waals surface area contributed by atoms with Crippen molar-refractivity contribution in [1.29, 1.82) is 0 Å². The van der Waals surface area contributed by atoms with E-state index in [1.54, 1.807) is 6.20 Å². The maximum Gasteiger partial charge on any atom is 0.229 e. The lowest BCUT2D eigenvalue weighted by Gasteiger charge is -2.33. The van der Waals surface area contributed by atoms with Crippen molar-refractivity contribution in [3.05, 3.63) is 71.9 Å².